The molecule has 0 radical (unpaired) electrons. The molecule has 6 heteroatoms. The zero-order chi connectivity index (χ0) is 10.8. The molecule has 0 unspecified atom stereocenters. The van der Waals surface area contributed by atoms with Crippen molar-refractivity contribution in [2.45, 2.75) is 6.10 Å². The summed E-state index contributed by atoms with van der Waals surface area (Å²) in [6.07, 6.45) is -0.0610. The van der Waals surface area contributed by atoms with Crippen molar-refractivity contribution in [1.29, 1.82) is 0 Å². The molecule has 1 fully saturated rings. The van der Waals surface area contributed by atoms with Gasteiger partial charge in [-0.2, -0.15) is 0 Å². The molecule has 15 heavy (non-hydrogen) atoms. The minimum absolute atomic E-state index is 0.0610. The molecule has 1 aromatic rings. The van der Waals surface area contributed by atoms with Gasteiger partial charge in [0.1, 0.15) is 11.9 Å². The fraction of sp³-hybridized carbons (Fsp3) is 0.333. The van der Waals surface area contributed by atoms with Crippen molar-refractivity contribution in [2.24, 2.45) is 0 Å². The van der Waals surface area contributed by atoms with Gasteiger partial charge < -0.3 is 10.1 Å². The summed E-state index contributed by atoms with van der Waals surface area (Å²) in [4.78, 5) is 9.96. The van der Waals surface area contributed by atoms with Crippen LogP contribution < -0.4 is 10.1 Å². The zero-order valence-electron chi connectivity index (χ0n) is 7.77. The van der Waals surface area contributed by atoms with Crippen LogP contribution in [0.25, 0.3) is 0 Å². The van der Waals surface area contributed by atoms with Crippen molar-refractivity contribution in [3.63, 3.8) is 0 Å². The van der Waals surface area contributed by atoms with Crippen LogP contribution in [0.2, 0.25) is 0 Å². The molecule has 1 aliphatic rings. The molecule has 0 aliphatic carbocycles. The second-order valence-corrected chi connectivity index (χ2v) is 3.27. The molecule has 1 heterocycles. The quantitative estimate of drug-likeness (QED) is 0.601. The number of hydrogen-bond acceptors (Lipinski definition) is 4. The van der Waals surface area contributed by atoms with Gasteiger partial charge in [0.25, 0.3) is 0 Å². The SMILES string of the molecule is O=[N+]([O-])c1cc(F)ccc1OC1CNC1. The highest BCUT2D eigenvalue weighted by Gasteiger charge is 2.23. The summed E-state index contributed by atoms with van der Waals surface area (Å²) in [7, 11) is 0. The van der Waals surface area contributed by atoms with E-state index in [1.54, 1.807) is 0 Å². The third kappa shape index (κ3) is 2.04. The number of ether oxygens (including phenoxy) is 1. The predicted molar refractivity (Wildman–Crippen MR) is 50.3 cm³/mol. The largest absolute Gasteiger partial charge is 0.481 e. The first-order valence-corrected chi connectivity index (χ1v) is 4.48. The minimum atomic E-state index is -0.648. The van der Waals surface area contributed by atoms with Crippen molar-refractivity contribution < 1.29 is 14.1 Å². The summed E-state index contributed by atoms with van der Waals surface area (Å²) in [5.74, 6) is -0.520. The Kier molecular flexibility index (Phi) is 2.51. The molecule has 80 valence electrons. The number of halogens is 1. The smallest absolute Gasteiger partial charge is 0.313 e. The van der Waals surface area contributed by atoms with Gasteiger partial charge >= 0.3 is 5.69 Å². The third-order valence-corrected chi connectivity index (χ3v) is 2.16. The van der Waals surface area contributed by atoms with Crippen molar-refractivity contribution in [3.05, 3.63) is 34.1 Å². The van der Waals surface area contributed by atoms with E-state index in [0.717, 1.165) is 12.1 Å². The van der Waals surface area contributed by atoms with Crippen molar-refractivity contribution in [2.75, 3.05) is 13.1 Å². The highest BCUT2D eigenvalue weighted by atomic mass is 19.1. The lowest BCUT2D eigenvalue weighted by molar-refractivity contribution is -0.386. The number of rotatable bonds is 3. The molecule has 1 aliphatic heterocycles. The summed E-state index contributed by atoms with van der Waals surface area (Å²) >= 11 is 0. The highest BCUT2D eigenvalue weighted by Crippen LogP contribution is 2.28. The van der Waals surface area contributed by atoms with E-state index in [0.29, 0.717) is 13.1 Å². The molecule has 1 saturated heterocycles. The van der Waals surface area contributed by atoms with Gasteiger partial charge in [0.15, 0.2) is 5.75 Å². The Morgan fingerprint density at radius 3 is 2.80 bits per heavy atom. The van der Waals surface area contributed by atoms with E-state index in [9.17, 15) is 14.5 Å². The molecule has 0 amide bonds. The van der Waals surface area contributed by atoms with Crippen LogP contribution in [-0.2, 0) is 0 Å². The topological polar surface area (TPSA) is 64.4 Å². The van der Waals surface area contributed by atoms with Crippen LogP contribution in [0, 0.1) is 15.9 Å². The van der Waals surface area contributed by atoms with Crippen LogP contribution in [0.5, 0.6) is 5.75 Å². The van der Waals surface area contributed by atoms with Gasteiger partial charge in [-0.3, -0.25) is 10.1 Å². The number of benzene rings is 1. The molecular weight excluding hydrogens is 203 g/mol. The molecule has 0 bridgehead atoms. The Labute approximate surface area is 85.0 Å². The van der Waals surface area contributed by atoms with Gasteiger partial charge in [-0.05, 0) is 12.1 Å². The fourth-order valence-corrected chi connectivity index (χ4v) is 1.26. The van der Waals surface area contributed by atoms with Gasteiger partial charge in [0.2, 0.25) is 0 Å². The Balaban J connectivity index is 2.23. The van der Waals surface area contributed by atoms with Gasteiger partial charge in [0.05, 0.1) is 11.0 Å². The van der Waals surface area contributed by atoms with E-state index in [2.05, 4.69) is 5.32 Å². The Bertz CT molecular complexity index is 393. The summed E-state index contributed by atoms with van der Waals surface area (Å²) in [5, 5.41) is 13.6. The first-order valence-electron chi connectivity index (χ1n) is 4.48. The van der Waals surface area contributed by atoms with E-state index in [1.165, 1.54) is 6.07 Å². The zero-order valence-corrected chi connectivity index (χ0v) is 7.77. The summed E-state index contributed by atoms with van der Waals surface area (Å²) in [6, 6.07) is 3.29. The van der Waals surface area contributed by atoms with Gasteiger partial charge in [-0.25, -0.2) is 4.39 Å². The molecule has 0 aromatic heterocycles. The molecule has 0 saturated carbocycles. The van der Waals surface area contributed by atoms with E-state index in [1.807, 2.05) is 0 Å². The van der Waals surface area contributed by atoms with Crippen molar-refractivity contribution in [3.8, 4) is 5.75 Å². The summed E-state index contributed by atoms with van der Waals surface area (Å²) < 4.78 is 18.1. The predicted octanol–water partition coefficient (Wildman–Crippen LogP) is 1.08. The van der Waals surface area contributed by atoms with E-state index >= 15 is 0 Å². The number of nitrogens with zero attached hydrogens (tertiary/aromatic N) is 1. The van der Waals surface area contributed by atoms with Crippen molar-refractivity contribution in [1.82, 2.24) is 5.32 Å². The molecule has 1 aromatic carbocycles. The Morgan fingerprint density at radius 1 is 1.53 bits per heavy atom. The number of nitro benzene ring substituents is 1. The van der Waals surface area contributed by atoms with Crippen LogP contribution in [-0.4, -0.2) is 24.1 Å². The maximum atomic E-state index is 12.8. The number of hydrogen-bond donors (Lipinski definition) is 1. The highest BCUT2D eigenvalue weighted by molar-refractivity contribution is 5.46. The molecule has 5 nitrogen and oxygen atoms in total. The number of nitro groups is 1. The van der Waals surface area contributed by atoms with Crippen LogP contribution in [0.4, 0.5) is 10.1 Å². The van der Waals surface area contributed by atoms with Gasteiger partial charge in [0, 0.05) is 13.1 Å². The second-order valence-electron chi connectivity index (χ2n) is 3.27. The van der Waals surface area contributed by atoms with Gasteiger partial charge in [-0.15, -0.1) is 0 Å². The molecule has 2 rings (SSSR count). The lowest BCUT2D eigenvalue weighted by atomic mass is 10.2. The average molecular weight is 212 g/mol. The monoisotopic (exact) mass is 212 g/mol. The third-order valence-electron chi connectivity index (χ3n) is 2.16. The molecule has 1 N–H and O–H groups in total. The maximum absolute atomic E-state index is 12.8. The maximum Gasteiger partial charge on any atom is 0.313 e. The van der Waals surface area contributed by atoms with E-state index in [4.69, 9.17) is 4.74 Å². The first-order chi connectivity index (χ1) is 7.16. The minimum Gasteiger partial charge on any atom is -0.481 e. The lowest BCUT2D eigenvalue weighted by Gasteiger charge is -2.27. The van der Waals surface area contributed by atoms with Crippen LogP contribution in [0.3, 0.4) is 0 Å². The Hall–Kier alpha value is -1.69. The molecule has 0 spiro atoms. The summed E-state index contributed by atoms with van der Waals surface area (Å²) in [5.41, 5.74) is -0.332. The van der Waals surface area contributed by atoms with Crippen LogP contribution >= 0.6 is 0 Å². The standard InChI is InChI=1S/C9H9FN2O3/c10-6-1-2-9(8(3-6)12(13)14)15-7-4-11-5-7/h1-3,7,11H,4-5H2. The first kappa shape index (κ1) is 9.85. The van der Waals surface area contributed by atoms with E-state index in [-0.39, 0.29) is 17.5 Å². The van der Waals surface area contributed by atoms with Gasteiger partial charge in [-0.1, -0.05) is 0 Å². The van der Waals surface area contributed by atoms with E-state index < -0.39 is 10.7 Å². The van der Waals surface area contributed by atoms with Crippen LogP contribution in [0.1, 0.15) is 0 Å². The van der Waals surface area contributed by atoms with Crippen LogP contribution in [0.15, 0.2) is 18.2 Å². The summed E-state index contributed by atoms with van der Waals surface area (Å²) in [6.45, 7) is 1.32. The Morgan fingerprint density at radius 2 is 2.27 bits per heavy atom. The second kappa shape index (κ2) is 3.82. The fourth-order valence-electron chi connectivity index (χ4n) is 1.26. The van der Waals surface area contributed by atoms with Crippen molar-refractivity contribution >= 4 is 5.69 Å². The number of nitrogens with one attached hydrogen (secondary N) is 1. The normalized spacial score (nSPS) is 15.8. The average Bonchev–Trinajstić information content (AvgIpc) is 2.12. The lowest BCUT2D eigenvalue weighted by Crippen LogP contribution is -2.50. The molecular formula is C9H9FN2O3. The molecule has 0 atom stereocenters.